The van der Waals surface area contributed by atoms with Gasteiger partial charge in [0.25, 0.3) is 0 Å². The van der Waals surface area contributed by atoms with Crippen LogP contribution in [0.2, 0.25) is 0 Å². The fourth-order valence-electron chi connectivity index (χ4n) is 2.43. The van der Waals surface area contributed by atoms with Gasteiger partial charge >= 0.3 is 0 Å². The van der Waals surface area contributed by atoms with Crippen LogP contribution in [0, 0.1) is 11.6 Å². The van der Waals surface area contributed by atoms with Crippen molar-refractivity contribution in [2.75, 3.05) is 10.6 Å². The monoisotopic (exact) mass is 291 g/mol. The molecule has 1 aromatic heterocycles. The van der Waals surface area contributed by atoms with E-state index in [-0.39, 0.29) is 11.6 Å². The molecular weight excluding hydrogens is 276 g/mol. The Labute approximate surface area is 120 Å². The summed E-state index contributed by atoms with van der Waals surface area (Å²) in [5.74, 6) is -0.793. The molecule has 0 amide bonds. The molecule has 0 aliphatic heterocycles. The molecule has 7 heteroatoms. The number of nitrogens with zero attached hydrogens (tertiary/aromatic N) is 3. The van der Waals surface area contributed by atoms with Crippen LogP contribution in [0.3, 0.4) is 0 Å². The summed E-state index contributed by atoms with van der Waals surface area (Å²) in [7, 11) is 0. The van der Waals surface area contributed by atoms with Gasteiger partial charge in [0.15, 0.2) is 5.82 Å². The van der Waals surface area contributed by atoms with Crippen molar-refractivity contribution in [1.82, 2.24) is 15.2 Å². The molecule has 0 unspecified atom stereocenters. The highest BCUT2D eigenvalue weighted by Gasteiger charge is 2.16. The smallest absolute Gasteiger partial charge is 0.249 e. The zero-order valence-corrected chi connectivity index (χ0v) is 11.3. The topological polar surface area (TPSA) is 62.7 Å². The van der Waals surface area contributed by atoms with Gasteiger partial charge in [-0.25, -0.2) is 8.78 Å². The highest BCUT2D eigenvalue weighted by atomic mass is 19.1. The number of anilines is 3. The number of nitrogens with one attached hydrogen (secondary N) is 2. The van der Waals surface area contributed by atoms with Crippen LogP contribution in [0.1, 0.15) is 25.7 Å². The third kappa shape index (κ3) is 3.24. The molecule has 1 aromatic carbocycles. The van der Waals surface area contributed by atoms with E-state index in [0.717, 1.165) is 12.8 Å². The highest BCUT2D eigenvalue weighted by Crippen LogP contribution is 2.23. The van der Waals surface area contributed by atoms with Gasteiger partial charge in [-0.1, -0.05) is 18.9 Å². The summed E-state index contributed by atoms with van der Waals surface area (Å²) in [4.78, 5) is 4.18. The summed E-state index contributed by atoms with van der Waals surface area (Å²) in [5, 5.41) is 13.3. The maximum atomic E-state index is 13.6. The van der Waals surface area contributed by atoms with E-state index in [1.807, 2.05) is 0 Å². The second-order valence-corrected chi connectivity index (χ2v) is 5.01. The predicted molar refractivity (Wildman–Crippen MR) is 75.3 cm³/mol. The van der Waals surface area contributed by atoms with Crippen LogP contribution in [0.15, 0.2) is 24.4 Å². The summed E-state index contributed by atoms with van der Waals surface area (Å²) in [6, 6.07) is 4.01. The molecule has 0 saturated heterocycles. The van der Waals surface area contributed by atoms with Crippen molar-refractivity contribution >= 4 is 17.5 Å². The third-order valence-electron chi connectivity index (χ3n) is 3.47. The van der Waals surface area contributed by atoms with Crippen LogP contribution in [-0.2, 0) is 0 Å². The normalized spacial score (nSPS) is 15.1. The van der Waals surface area contributed by atoms with E-state index in [4.69, 9.17) is 0 Å². The second-order valence-electron chi connectivity index (χ2n) is 5.01. The van der Waals surface area contributed by atoms with Crippen molar-refractivity contribution in [2.45, 2.75) is 31.7 Å². The van der Waals surface area contributed by atoms with E-state index in [9.17, 15) is 8.78 Å². The Morgan fingerprint density at radius 1 is 1.10 bits per heavy atom. The summed E-state index contributed by atoms with van der Waals surface area (Å²) in [6.45, 7) is 0. The Balaban J connectivity index is 1.76. The quantitative estimate of drug-likeness (QED) is 0.905. The van der Waals surface area contributed by atoms with Crippen molar-refractivity contribution in [3.63, 3.8) is 0 Å². The lowest BCUT2D eigenvalue weighted by atomic mass is 10.2. The summed E-state index contributed by atoms with van der Waals surface area (Å²) in [5.41, 5.74) is -0.280. The van der Waals surface area contributed by atoms with Crippen molar-refractivity contribution in [3.05, 3.63) is 36.0 Å². The number of hydrogen-bond acceptors (Lipinski definition) is 5. The average molecular weight is 291 g/mol. The average Bonchev–Trinajstić information content (AvgIpc) is 2.96. The second kappa shape index (κ2) is 5.99. The van der Waals surface area contributed by atoms with Crippen LogP contribution in [0.4, 0.5) is 26.2 Å². The molecule has 1 saturated carbocycles. The first-order valence-electron chi connectivity index (χ1n) is 6.89. The van der Waals surface area contributed by atoms with Crippen molar-refractivity contribution in [3.8, 4) is 0 Å². The molecule has 0 radical (unpaired) electrons. The SMILES string of the molecule is Fc1cccc(F)c1Nc1nncc(NC2CCCC2)n1. The van der Waals surface area contributed by atoms with E-state index in [1.165, 1.54) is 37.2 Å². The minimum absolute atomic E-state index is 0.0574. The molecule has 1 aliphatic rings. The Morgan fingerprint density at radius 2 is 1.81 bits per heavy atom. The van der Waals surface area contributed by atoms with Crippen LogP contribution in [0.5, 0.6) is 0 Å². The molecule has 1 fully saturated rings. The maximum absolute atomic E-state index is 13.6. The molecule has 110 valence electrons. The first-order chi connectivity index (χ1) is 10.2. The van der Waals surface area contributed by atoms with Gasteiger partial charge in [-0.2, -0.15) is 10.1 Å². The van der Waals surface area contributed by atoms with Gasteiger partial charge in [0.05, 0.1) is 6.20 Å². The lowest BCUT2D eigenvalue weighted by Crippen LogP contribution is -2.16. The molecule has 2 N–H and O–H groups in total. The molecule has 1 heterocycles. The highest BCUT2D eigenvalue weighted by molar-refractivity contribution is 5.55. The first-order valence-corrected chi connectivity index (χ1v) is 6.89. The van der Waals surface area contributed by atoms with Crippen LogP contribution < -0.4 is 10.6 Å². The number of hydrogen-bond donors (Lipinski definition) is 2. The summed E-state index contributed by atoms with van der Waals surface area (Å²) >= 11 is 0. The van der Waals surface area contributed by atoms with Gasteiger partial charge < -0.3 is 10.6 Å². The summed E-state index contributed by atoms with van der Waals surface area (Å²) in [6.07, 6.45) is 6.08. The Kier molecular flexibility index (Phi) is 3.89. The van der Waals surface area contributed by atoms with E-state index >= 15 is 0 Å². The predicted octanol–water partition coefficient (Wildman–Crippen LogP) is 3.25. The van der Waals surface area contributed by atoms with Gasteiger partial charge in [-0.05, 0) is 25.0 Å². The zero-order chi connectivity index (χ0) is 14.7. The van der Waals surface area contributed by atoms with Crippen LogP contribution in [-0.4, -0.2) is 21.2 Å². The molecule has 0 spiro atoms. The number of benzene rings is 1. The minimum Gasteiger partial charge on any atom is -0.366 e. The molecule has 0 atom stereocenters. The maximum Gasteiger partial charge on any atom is 0.249 e. The fourth-order valence-corrected chi connectivity index (χ4v) is 2.43. The van der Waals surface area contributed by atoms with Gasteiger partial charge in [0.1, 0.15) is 17.3 Å². The standard InChI is InChI=1S/C14H15F2N5/c15-10-6-3-7-11(16)13(10)20-14-19-12(8-17-21-14)18-9-4-1-2-5-9/h3,6-9H,1-2,4-5H2,(H2,18,19,20,21). The number of rotatable bonds is 4. The van der Waals surface area contributed by atoms with Crippen LogP contribution in [0.25, 0.3) is 0 Å². The number of aromatic nitrogens is 3. The van der Waals surface area contributed by atoms with Crippen LogP contribution >= 0.6 is 0 Å². The molecule has 21 heavy (non-hydrogen) atoms. The molecule has 2 aromatic rings. The Bertz CT molecular complexity index is 608. The van der Waals surface area contributed by atoms with Gasteiger partial charge in [-0.3, -0.25) is 0 Å². The van der Waals surface area contributed by atoms with E-state index in [1.54, 1.807) is 0 Å². The third-order valence-corrected chi connectivity index (χ3v) is 3.47. The molecule has 1 aliphatic carbocycles. The zero-order valence-electron chi connectivity index (χ0n) is 11.3. The Morgan fingerprint density at radius 3 is 2.52 bits per heavy atom. The van der Waals surface area contributed by atoms with Crippen molar-refractivity contribution in [2.24, 2.45) is 0 Å². The number of halogens is 2. The first kappa shape index (κ1) is 13.7. The van der Waals surface area contributed by atoms with Gasteiger partial charge in [0, 0.05) is 6.04 Å². The van der Waals surface area contributed by atoms with Crippen molar-refractivity contribution in [1.29, 1.82) is 0 Å². The molecule has 5 nitrogen and oxygen atoms in total. The van der Waals surface area contributed by atoms with Gasteiger partial charge in [-0.15, -0.1) is 5.10 Å². The molecular formula is C14H15F2N5. The molecule has 3 rings (SSSR count). The largest absolute Gasteiger partial charge is 0.366 e. The van der Waals surface area contributed by atoms with Crippen molar-refractivity contribution < 1.29 is 8.78 Å². The lowest BCUT2D eigenvalue weighted by molar-refractivity contribution is 0.590. The van der Waals surface area contributed by atoms with Gasteiger partial charge in [0.2, 0.25) is 5.95 Å². The van der Waals surface area contributed by atoms with E-state index < -0.39 is 11.6 Å². The molecule has 0 bridgehead atoms. The fraction of sp³-hybridized carbons (Fsp3) is 0.357. The van der Waals surface area contributed by atoms with E-state index in [2.05, 4.69) is 25.8 Å². The van der Waals surface area contributed by atoms with E-state index in [0.29, 0.717) is 11.9 Å². The summed E-state index contributed by atoms with van der Waals surface area (Å²) < 4.78 is 27.1. The Hall–Kier alpha value is -2.31. The lowest BCUT2D eigenvalue weighted by Gasteiger charge is -2.13. The minimum atomic E-state index is -0.701. The number of para-hydroxylation sites is 1.